The van der Waals surface area contributed by atoms with Gasteiger partial charge in [-0.25, -0.2) is 0 Å². The lowest BCUT2D eigenvalue weighted by atomic mass is 9.98. The van der Waals surface area contributed by atoms with Gasteiger partial charge in [0.1, 0.15) is 12.4 Å². The van der Waals surface area contributed by atoms with Gasteiger partial charge < -0.3 is 9.84 Å². The molecule has 0 radical (unpaired) electrons. The number of piperidine rings is 1. The van der Waals surface area contributed by atoms with Gasteiger partial charge in [-0.2, -0.15) is 0 Å². The van der Waals surface area contributed by atoms with E-state index in [4.69, 9.17) is 9.84 Å². The quantitative estimate of drug-likeness (QED) is 0.864. The third kappa shape index (κ3) is 4.23. The van der Waals surface area contributed by atoms with Gasteiger partial charge in [0.05, 0.1) is 7.11 Å². The van der Waals surface area contributed by atoms with E-state index >= 15 is 0 Å². The predicted octanol–water partition coefficient (Wildman–Crippen LogP) is 2.80. The van der Waals surface area contributed by atoms with E-state index in [1.54, 1.807) is 7.11 Å². The molecule has 1 aliphatic rings. The van der Waals surface area contributed by atoms with Crippen molar-refractivity contribution in [1.82, 2.24) is 4.90 Å². The highest BCUT2D eigenvalue weighted by Crippen LogP contribution is 2.25. The molecule has 1 N–H and O–H groups in total. The van der Waals surface area contributed by atoms with Crippen LogP contribution in [0.15, 0.2) is 18.2 Å². The molecule has 1 aromatic rings. The molecule has 0 aliphatic carbocycles. The first-order valence-corrected chi connectivity index (χ1v) is 7.79. The average molecular weight is 287 g/mol. The minimum atomic E-state index is -0.104. The molecule has 1 fully saturated rings. The van der Waals surface area contributed by atoms with Crippen molar-refractivity contribution in [3.63, 3.8) is 0 Å². The zero-order valence-corrected chi connectivity index (χ0v) is 13.1. The van der Waals surface area contributed by atoms with Crippen LogP contribution in [0, 0.1) is 11.8 Å². The van der Waals surface area contributed by atoms with Crippen molar-refractivity contribution >= 4 is 0 Å². The summed E-state index contributed by atoms with van der Waals surface area (Å²) in [6.07, 6.45) is 5.10. The maximum Gasteiger partial charge on any atom is 0.119 e. The summed E-state index contributed by atoms with van der Waals surface area (Å²) in [5.41, 5.74) is 2.18. The molecule has 1 saturated heterocycles. The Morgan fingerprint density at radius 1 is 1.38 bits per heavy atom. The van der Waals surface area contributed by atoms with E-state index in [1.165, 1.54) is 31.2 Å². The Morgan fingerprint density at radius 3 is 2.95 bits per heavy atom. The van der Waals surface area contributed by atoms with Crippen LogP contribution in [0.2, 0.25) is 0 Å². The van der Waals surface area contributed by atoms with Gasteiger partial charge in [-0.3, -0.25) is 4.90 Å². The number of rotatable bonds is 4. The molecule has 0 spiro atoms. The molecule has 1 aromatic carbocycles. The van der Waals surface area contributed by atoms with Gasteiger partial charge in [-0.05, 0) is 49.6 Å². The summed E-state index contributed by atoms with van der Waals surface area (Å²) in [6, 6.07) is 6.66. The van der Waals surface area contributed by atoms with E-state index in [0.717, 1.165) is 24.4 Å². The molecular weight excluding hydrogens is 262 g/mol. The summed E-state index contributed by atoms with van der Waals surface area (Å²) in [5, 5.41) is 8.91. The van der Waals surface area contributed by atoms with Gasteiger partial charge in [-0.1, -0.05) is 25.2 Å². The van der Waals surface area contributed by atoms with Crippen LogP contribution in [0.1, 0.15) is 43.7 Å². The maximum absolute atomic E-state index is 8.91. The number of nitrogens with zero attached hydrogens (tertiary/aromatic N) is 1. The highest BCUT2D eigenvalue weighted by molar-refractivity contribution is 5.45. The second-order valence-electron chi connectivity index (χ2n) is 5.51. The minimum absolute atomic E-state index is 0.104. The van der Waals surface area contributed by atoms with Gasteiger partial charge in [-0.15, -0.1) is 0 Å². The average Bonchev–Trinajstić information content (AvgIpc) is 2.54. The molecule has 0 aromatic heterocycles. The minimum Gasteiger partial charge on any atom is -0.497 e. The van der Waals surface area contributed by atoms with Gasteiger partial charge in [0.25, 0.3) is 0 Å². The Hall–Kier alpha value is -1.50. The summed E-state index contributed by atoms with van der Waals surface area (Å²) in [5.74, 6) is 6.67. The van der Waals surface area contributed by atoms with Crippen LogP contribution in [0.4, 0.5) is 0 Å². The summed E-state index contributed by atoms with van der Waals surface area (Å²) in [7, 11) is 1.69. The number of aliphatic hydroxyl groups is 1. The van der Waals surface area contributed by atoms with Crippen molar-refractivity contribution in [2.24, 2.45) is 0 Å². The lowest BCUT2D eigenvalue weighted by Crippen LogP contribution is -2.38. The summed E-state index contributed by atoms with van der Waals surface area (Å²) >= 11 is 0. The summed E-state index contributed by atoms with van der Waals surface area (Å²) in [4.78, 5) is 2.56. The first-order valence-electron chi connectivity index (χ1n) is 7.79. The first kappa shape index (κ1) is 15.9. The fourth-order valence-electron chi connectivity index (χ4n) is 3.03. The zero-order chi connectivity index (χ0) is 15.1. The van der Waals surface area contributed by atoms with Crippen molar-refractivity contribution < 1.29 is 9.84 Å². The van der Waals surface area contributed by atoms with E-state index in [-0.39, 0.29) is 6.61 Å². The molecule has 0 amide bonds. The molecule has 3 nitrogen and oxygen atoms in total. The smallest absolute Gasteiger partial charge is 0.119 e. The van der Waals surface area contributed by atoms with Crippen LogP contribution in [0.5, 0.6) is 5.75 Å². The Labute approximate surface area is 127 Å². The number of hydrogen-bond acceptors (Lipinski definition) is 3. The Morgan fingerprint density at radius 2 is 2.24 bits per heavy atom. The molecule has 1 atom stereocenters. The van der Waals surface area contributed by atoms with Crippen LogP contribution in [-0.2, 0) is 6.54 Å². The second kappa shape index (κ2) is 8.07. The first-order chi connectivity index (χ1) is 10.3. The van der Waals surface area contributed by atoms with Crippen LogP contribution in [-0.4, -0.2) is 36.3 Å². The Kier molecular flexibility index (Phi) is 6.10. The molecule has 3 heteroatoms. The van der Waals surface area contributed by atoms with Crippen LogP contribution < -0.4 is 4.74 Å². The second-order valence-corrected chi connectivity index (χ2v) is 5.51. The van der Waals surface area contributed by atoms with E-state index in [2.05, 4.69) is 29.7 Å². The van der Waals surface area contributed by atoms with E-state index < -0.39 is 0 Å². The van der Waals surface area contributed by atoms with Crippen molar-refractivity contribution in [2.45, 2.75) is 45.2 Å². The van der Waals surface area contributed by atoms with Crippen LogP contribution in [0.3, 0.4) is 0 Å². The van der Waals surface area contributed by atoms with Crippen molar-refractivity contribution in [2.75, 3.05) is 20.3 Å². The van der Waals surface area contributed by atoms with Crippen molar-refractivity contribution in [1.29, 1.82) is 0 Å². The van der Waals surface area contributed by atoms with Crippen molar-refractivity contribution in [3.05, 3.63) is 29.3 Å². The fourth-order valence-corrected chi connectivity index (χ4v) is 3.03. The van der Waals surface area contributed by atoms with E-state index in [9.17, 15) is 0 Å². The van der Waals surface area contributed by atoms with Gasteiger partial charge in [0.15, 0.2) is 0 Å². The third-order valence-corrected chi connectivity index (χ3v) is 4.21. The predicted molar refractivity (Wildman–Crippen MR) is 85.3 cm³/mol. The highest BCUT2D eigenvalue weighted by atomic mass is 16.5. The summed E-state index contributed by atoms with van der Waals surface area (Å²) < 4.78 is 5.34. The van der Waals surface area contributed by atoms with Crippen LogP contribution in [0.25, 0.3) is 0 Å². The SMILES string of the molecule is CCC1CCCCN1Cc1cc(OC)ccc1C#CCO. The fraction of sp³-hybridized carbons (Fsp3) is 0.556. The number of aliphatic hydroxyl groups excluding tert-OH is 1. The monoisotopic (exact) mass is 287 g/mol. The molecule has 1 heterocycles. The third-order valence-electron chi connectivity index (χ3n) is 4.21. The lowest BCUT2D eigenvalue weighted by molar-refractivity contribution is 0.136. The molecule has 0 saturated carbocycles. The number of methoxy groups -OCH3 is 1. The number of ether oxygens (including phenoxy) is 1. The largest absolute Gasteiger partial charge is 0.497 e. The highest BCUT2D eigenvalue weighted by Gasteiger charge is 2.21. The molecule has 2 rings (SSSR count). The van der Waals surface area contributed by atoms with Gasteiger partial charge in [0.2, 0.25) is 0 Å². The molecule has 0 bridgehead atoms. The van der Waals surface area contributed by atoms with Crippen LogP contribution >= 0.6 is 0 Å². The number of hydrogen-bond donors (Lipinski definition) is 1. The molecular formula is C18H25NO2. The van der Waals surface area contributed by atoms with E-state index in [1.807, 2.05) is 12.1 Å². The lowest BCUT2D eigenvalue weighted by Gasteiger charge is -2.35. The molecule has 1 aliphatic heterocycles. The van der Waals surface area contributed by atoms with E-state index in [0.29, 0.717) is 6.04 Å². The number of benzene rings is 1. The normalized spacial score (nSPS) is 18.9. The zero-order valence-electron chi connectivity index (χ0n) is 13.1. The molecule has 21 heavy (non-hydrogen) atoms. The Balaban J connectivity index is 2.23. The standard InChI is InChI=1S/C18H25NO2/c1-3-17-8-4-5-11-19(17)14-16-13-18(21-2)10-9-15(16)7-6-12-20/h9-10,13,17,20H,3-5,8,11-12,14H2,1-2H3. The number of likely N-dealkylation sites (tertiary alicyclic amines) is 1. The van der Waals surface area contributed by atoms with Gasteiger partial charge >= 0.3 is 0 Å². The Bertz CT molecular complexity index is 516. The maximum atomic E-state index is 8.91. The molecule has 1 unspecified atom stereocenters. The van der Waals surface area contributed by atoms with Crippen molar-refractivity contribution in [3.8, 4) is 17.6 Å². The topological polar surface area (TPSA) is 32.7 Å². The summed E-state index contributed by atoms with van der Waals surface area (Å²) in [6.45, 7) is 4.22. The van der Waals surface area contributed by atoms with Gasteiger partial charge in [0, 0.05) is 18.2 Å². The molecule has 114 valence electrons.